The van der Waals surface area contributed by atoms with Gasteiger partial charge in [0.1, 0.15) is 5.52 Å². The van der Waals surface area contributed by atoms with Crippen molar-refractivity contribution in [2.45, 2.75) is 58.7 Å². The standard InChI is InChI=1S/C24H25ClFNO3S/c1-12-17(21(23(28)29)30-24(2,3)4)18(14-7-9-15(25)10-8-14)22-20(19(12)26)27-16(31-22)11-13-5-6-13/h7-10,13,21H,5-6,11H2,1-4H3,(H,28,29). The molecule has 7 heteroatoms. The third kappa shape index (κ3) is 4.61. The maximum atomic E-state index is 15.5. The Bertz CT molecular complexity index is 1150. The molecule has 1 aromatic heterocycles. The molecular formula is C24H25ClFNO3S. The Kier molecular flexibility index (Phi) is 5.83. The van der Waals surface area contributed by atoms with Gasteiger partial charge < -0.3 is 9.84 Å². The van der Waals surface area contributed by atoms with Crippen LogP contribution in [0, 0.1) is 18.7 Å². The second-order valence-corrected chi connectivity index (χ2v) is 10.6. The van der Waals surface area contributed by atoms with Gasteiger partial charge in [0.15, 0.2) is 11.9 Å². The molecule has 1 heterocycles. The van der Waals surface area contributed by atoms with Gasteiger partial charge in [0, 0.05) is 22.6 Å². The largest absolute Gasteiger partial charge is 0.479 e. The first-order valence-corrected chi connectivity index (χ1v) is 11.5. The minimum Gasteiger partial charge on any atom is -0.479 e. The lowest BCUT2D eigenvalue weighted by Gasteiger charge is -2.28. The van der Waals surface area contributed by atoms with Crippen molar-refractivity contribution in [2.24, 2.45) is 5.92 Å². The van der Waals surface area contributed by atoms with Gasteiger partial charge in [-0.05, 0) is 69.7 Å². The Morgan fingerprint density at radius 2 is 1.97 bits per heavy atom. The fraction of sp³-hybridized carbons (Fsp3) is 0.417. The molecule has 1 aliphatic rings. The fourth-order valence-corrected chi connectivity index (χ4v) is 5.14. The van der Waals surface area contributed by atoms with Gasteiger partial charge in [0.05, 0.1) is 15.3 Å². The minimum absolute atomic E-state index is 0.248. The first-order valence-electron chi connectivity index (χ1n) is 10.3. The number of nitrogens with zero attached hydrogens (tertiary/aromatic N) is 1. The molecule has 0 amide bonds. The number of aromatic nitrogens is 1. The first-order chi connectivity index (χ1) is 14.5. The summed E-state index contributed by atoms with van der Waals surface area (Å²) >= 11 is 7.54. The summed E-state index contributed by atoms with van der Waals surface area (Å²) in [4.78, 5) is 16.9. The molecule has 1 aliphatic carbocycles. The lowest BCUT2D eigenvalue weighted by Crippen LogP contribution is -2.28. The number of fused-ring (bicyclic) bond motifs is 1. The van der Waals surface area contributed by atoms with Crippen molar-refractivity contribution in [3.05, 3.63) is 51.2 Å². The lowest BCUT2D eigenvalue weighted by atomic mass is 9.91. The van der Waals surface area contributed by atoms with Crippen molar-refractivity contribution in [1.29, 1.82) is 0 Å². The summed E-state index contributed by atoms with van der Waals surface area (Å²) in [6, 6.07) is 7.15. The van der Waals surface area contributed by atoms with Crippen LogP contribution >= 0.6 is 22.9 Å². The zero-order valence-electron chi connectivity index (χ0n) is 18.0. The quantitative estimate of drug-likeness (QED) is 0.431. The molecule has 4 nitrogen and oxygen atoms in total. The van der Waals surface area contributed by atoms with E-state index in [1.807, 2.05) is 12.1 Å². The van der Waals surface area contributed by atoms with Gasteiger partial charge in [-0.3, -0.25) is 0 Å². The van der Waals surface area contributed by atoms with Gasteiger partial charge in [-0.25, -0.2) is 14.2 Å². The van der Waals surface area contributed by atoms with Crippen LogP contribution in [-0.2, 0) is 16.0 Å². The van der Waals surface area contributed by atoms with Crippen LogP contribution < -0.4 is 0 Å². The molecule has 2 aromatic carbocycles. The molecule has 4 rings (SSSR count). The van der Waals surface area contributed by atoms with Gasteiger partial charge in [-0.15, -0.1) is 11.3 Å². The van der Waals surface area contributed by atoms with E-state index in [0.717, 1.165) is 17.0 Å². The molecule has 1 atom stereocenters. The maximum absolute atomic E-state index is 15.5. The average Bonchev–Trinajstić information content (AvgIpc) is 3.39. The van der Waals surface area contributed by atoms with E-state index in [0.29, 0.717) is 32.3 Å². The van der Waals surface area contributed by atoms with E-state index in [1.165, 1.54) is 24.2 Å². The Hall–Kier alpha value is -2.02. The van der Waals surface area contributed by atoms with Crippen molar-refractivity contribution in [2.75, 3.05) is 0 Å². The van der Waals surface area contributed by atoms with Crippen LogP contribution in [-0.4, -0.2) is 21.7 Å². The zero-order chi connectivity index (χ0) is 22.5. The SMILES string of the molecule is Cc1c(C(OC(C)(C)C)C(=O)O)c(-c2ccc(Cl)cc2)c2sc(CC3CC3)nc2c1F. The van der Waals surface area contributed by atoms with E-state index in [2.05, 4.69) is 4.98 Å². The van der Waals surface area contributed by atoms with Crippen LogP contribution in [0.5, 0.6) is 0 Å². The number of aliphatic carboxylic acids is 1. The zero-order valence-corrected chi connectivity index (χ0v) is 19.5. The monoisotopic (exact) mass is 461 g/mol. The first kappa shape index (κ1) is 22.2. The van der Waals surface area contributed by atoms with Crippen molar-refractivity contribution in [1.82, 2.24) is 4.98 Å². The average molecular weight is 462 g/mol. The van der Waals surface area contributed by atoms with Crippen LogP contribution in [0.4, 0.5) is 4.39 Å². The number of hydrogen-bond donors (Lipinski definition) is 1. The number of halogens is 2. The number of carboxylic acid groups (broad SMARTS) is 1. The molecule has 1 saturated carbocycles. The van der Waals surface area contributed by atoms with Crippen LogP contribution in [0.3, 0.4) is 0 Å². The van der Waals surface area contributed by atoms with E-state index in [-0.39, 0.29) is 5.56 Å². The number of rotatable bonds is 6. The number of ether oxygens (including phenoxy) is 1. The predicted molar refractivity (Wildman–Crippen MR) is 122 cm³/mol. The molecule has 0 bridgehead atoms. The summed E-state index contributed by atoms with van der Waals surface area (Å²) in [6.45, 7) is 6.96. The fourth-order valence-electron chi connectivity index (χ4n) is 3.76. The van der Waals surface area contributed by atoms with Crippen molar-refractivity contribution < 1.29 is 19.0 Å². The van der Waals surface area contributed by atoms with E-state index in [1.54, 1.807) is 39.8 Å². The Morgan fingerprint density at radius 1 is 1.32 bits per heavy atom. The summed E-state index contributed by atoms with van der Waals surface area (Å²) in [5.74, 6) is -1.03. The summed E-state index contributed by atoms with van der Waals surface area (Å²) in [5.41, 5.74) is 1.56. The highest BCUT2D eigenvalue weighted by atomic mass is 35.5. The second kappa shape index (κ2) is 8.15. The lowest BCUT2D eigenvalue weighted by molar-refractivity contribution is -0.160. The molecule has 3 aromatic rings. The number of benzene rings is 2. The highest BCUT2D eigenvalue weighted by Crippen LogP contribution is 2.45. The maximum Gasteiger partial charge on any atom is 0.337 e. The van der Waals surface area contributed by atoms with E-state index in [4.69, 9.17) is 16.3 Å². The third-order valence-electron chi connectivity index (χ3n) is 5.36. The van der Waals surface area contributed by atoms with Crippen LogP contribution in [0.15, 0.2) is 24.3 Å². The Labute approximate surface area is 190 Å². The summed E-state index contributed by atoms with van der Waals surface area (Å²) in [6.07, 6.45) is 1.85. The van der Waals surface area contributed by atoms with E-state index in [9.17, 15) is 9.90 Å². The van der Waals surface area contributed by atoms with Gasteiger partial charge in [0.2, 0.25) is 0 Å². The molecule has 1 unspecified atom stereocenters. The van der Waals surface area contributed by atoms with Gasteiger partial charge in [-0.2, -0.15) is 0 Å². The number of carbonyl (C=O) groups is 1. The molecule has 0 saturated heterocycles. The van der Waals surface area contributed by atoms with Crippen molar-refractivity contribution >= 4 is 39.1 Å². The number of thiazole rings is 1. The molecule has 164 valence electrons. The topological polar surface area (TPSA) is 59.4 Å². The predicted octanol–water partition coefficient (Wildman–Crippen LogP) is 6.96. The van der Waals surface area contributed by atoms with Crippen LogP contribution in [0.1, 0.15) is 55.9 Å². The number of hydrogen-bond acceptors (Lipinski definition) is 4. The minimum atomic E-state index is -1.32. The third-order valence-corrected chi connectivity index (χ3v) is 6.71. The Morgan fingerprint density at radius 3 is 2.52 bits per heavy atom. The van der Waals surface area contributed by atoms with Crippen molar-refractivity contribution in [3.63, 3.8) is 0 Å². The second-order valence-electron chi connectivity index (χ2n) is 9.12. The van der Waals surface area contributed by atoms with Crippen LogP contribution in [0.2, 0.25) is 5.02 Å². The highest BCUT2D eigenvalue weighted by molar-refractivity contribution is 7.19. The summed E-state index contributed by atoms with van der Waals surface area (Å²) < 4.78 is 22.1. The molecule has 0 aliphatic heterocycles. The number of carboxylic acids is 1. The van der Waals surface area contributed by atoms with Crippen LogP contribution in [0.25, 0.3) is 21.3 Å². The smallest absolute Gasteiger partial charge is 0.337 e. The van der Waals surface area contributed by atoms with Gasteiger partial charge in [-0.1, -0.05) is 23.7 Å². The van der Waals surface area contributed by atoms with Gasteiger partial charge >= 0.3 is 5.97 Å². The molecule has 1 N–H and O–H groups in total. The molecule has 0 radical (unpaired) electrons. The molecule has 31 heavy (non-hydrogen) atoms. The van der Waals surface area contributed by atoms with Crippen molar-refractivity contribution in [3.8, 4) is 11.1 Å². The summed E-state index contributed by atoms with van der Waals surface area (Å²) in [5, 5.41) is 11.5. The Balaban J connectivity index is 2.02. The molecule has 1 fully saturated rings. The summed E-state index contributed by atoms with van der Waals surface area (Å²) in [7, 11) is 0. The van der Waals surface area contributed by atoms with E-state index >= 15 is 4.39 Å². The molecule has 0 spiro atoms. The highest BCUT2D eigenvalue weighted by Gasteiger charge is 2.34. The van der Waals surface area contributed by atoms with Gasteiger partial charge in [0.25, 0.3) is 0 Å². The normalized spacial score (nSPS) is 15.4. The van der Waals surface area contributed by atoms with E-state index < -0.39 is 23.5 Å². The molecular weight excluding hydrogens is 437 g/mol.